The second-order valence-corrected chi connectivity index (χ2v) is 3.51. The first kappa shape index (κ1) is 14.1. The number of hydrogen-bond acceptors (Lipinski definition) is 4. The summed E-state index contributed by atoms with van der Waals surface area (Å²) in [5.74, 6) is -0.422. The van der Waals surface area contributed by atoms with Gasteiger partial charge in [0.15, 0.2) is 5.78 Å². The number of carbonyl (C=O) groups excluding carboxylic acids is 2. The maximum atomic E-state index is 11.3. The van der Waals surface area contributed by atoms with Gasteiger partial charge in [-0.15, -0.1) is 0 Å². The lowest BCUT2D eigenvalue weighted by atomic mass is 10.1. The number of ketones is 1. The fourth-order valence-electron chi connectivity index (χ4n) is 1.15. The van der Waals surface area contributed by atoms with E-state index in [4.69, 9.17) is 10.8 Å². The van der Waals surface area contributed by atoms with E-state index in [9.17, 15) is 9.59 Å². The minimum atomic E-state index is -0.757. The Morgan fingerprint density at radius 2 is 2.00 bits per heavy atom. The molecule has 0 aromatic heterocycles. The Hall–Kier alpha value is -0.940. The third kappa shape index (κ3) is 7.04. The standard InChI is InChI=1S/C10H20N2O3/c1-8(14)9(7-13)12-10(15)5-3-2-4-6-11/h9,13H,2-7,11H2,1H3,(H,12,15)/t9-/m0/s1. The van der Waals surface area contributed by atoms with Crippen LogP contribution in [-0.4, -0.2) is 36.0 Å². The van der Waals surface area contributed by atoms with Crippen LogP contribution in [0.4, 0.5) is 0 Å². The Morgan fingerprint density at radius 3 is 2.47 bits per heavy atom. The quantitative estimate of drug-likeness (QED) is 0.480. The SMILES string of the molecule is CC(=O)[C@H](CO)NC(=O)CCCCCN. The minimum absolute atomic E-state index is 0.193. The molecule has 0 saturated heterocycles. The van der Waals surface area contributed by atoms with Gasteiger partial charge in [0, 0.05) is 6.42 Å². The number of hydrogen-bond donors (Lipinski definition) is 3. The molecule has 0 aliphatic heterocycles. The van der Waals surface area contributed by atoms with Crippen LogP contribution in [0.15, 0.2) is 0 Å². The molecule has 0 spiro atoms. The number of aliphatic hydroxyl groups is 1. The average molecular weight is 216 g/mol. The van der Waals surface area contributed by atoms with Gasteiger partial charge in [-0.1, -0.05) is 6.42 Å². The van der Waals surface area contributed by atoms with Gasteiger partial charge in [0.2, 0.25) is 5.91 Å². The molecule has 0 aliphatic rings. The smallest absolute Gasteiger partial charge is 0.220 e. The first-order valence-corrected chi connectivity index (χ1v) is 5.22. The summed E-state index contributed by atoms with van der Waals surface area (Å²) < 4.78 is 0. The largest absolute Gasteiger partial charge is 0.394 e. The van der Waals surface area contributed by atoms with E-state index in [1.54, 1.807) is 0 Å². The molecule has 1 atom stereocenters. The third-order valence-electron chi connectivity index (χ3n) is 2.12. The maximum absolute atomic E-state index is 11.3. The van der Waals surface area contributed by atoms with Crippen LogP contribution in [0.2, 0.25) is 0 Å². The molecule has 0 heterocycles. The van der Waals surface area contributed by atoms with E-state index in [0.29, 0.717) is 13.0 Å². The van der Waals surface area contributed by atoms with Gasteiger partial charge in [-0.05, 0) is 26.3 Å². The highest BCUT2D eigenvalue weighted by Crippen LogP contribution is 1.99. The molecular weight excluding hydrogens is 196 g/mol. The molecule has 0 rings (SSSR count). The summed E-state index contributed by atoms with van der Waals surface area (Å²) in [5, 5.41) is 11.3. The third-order valence-corrected chi connectivity index (χ3v) is 2.12. The molecule has 1 amide bonds. The summed E-state index contributed by atoms with van der Waals surface area (Å²) in [4.78, 5) is 22.2. The van der Waals surface area contributed by atoms with Crippen LogP contribution in [0, 0.1) is 0 Å². The Labute approximate surface area is 90.0 Å². The second-order valence-electron chi connectivity index (χ2n) is 3.51. The van der Waals surface area contributed by atoms with E-state index < -0.39 is 6.04 Å². The molecule has 88 valence electrons. The van der Waals surface area contributed by atoms with E-state index in [-0.39, 0.29) is 18.3 Å². The van der Waals surface area contributed by atoms with Crippen molar-refractivity contribution < 1.29 is 14.7 Å². The van der Waals surface area contributed by atoms with Crippen molar-refractivity contribution in [2.75, 3.05) is 13.2 Å². The number of rotatable bonds is 8. The molecule has 0 bridgehead atoms. The van der Waals surface area contributed by atoms with E-state index in [0.717, 1.165) is 19.3 Å². The first-order valence-electron chi connectivity index (χ1n) is 5.22. The monoisotopic (exact) mass is 216 g/mol. The van der Waals surface area contributed by atoms with Crippen molar-refractivity contribution in [3.8, 4) is 0 Å². The fourth-order valence-corrected chi connectivity index (χ4v) is 1.15. The highest BCUT2D eigenvalue weighted by molar-refractivity contribution is 5.87. The van der Waals surface area contributed by atoms with Gasteiger partial charge in [-0.2, -0.15) is 0 Å². The Morgan fingerprint density at radius 1 is 1.33 bits per heavy atom. The van der Waals surface area contributed by atoms with Gasteiger partial charge in [-0.3, -0.25) is 9.59 Å². The van der Waals surface area contributed by atoms with Crippen LogP contribution in [0.25, 0.3) is 0 Å². The van der Waals surface area contributed by atoms with Gasteiger partial charge in [0.05, 0.1) is 6.61 Å². The lowest BCUT2D eigenvalue weighted by Crippen LogP contribution is -2.42. The normalized spacial score (nSPS) is 12.2. The second kappa shape index (κ2) is 8.38. The highest BCUT2D eigenvalue weighted by Gasteiger charge is 2.14. The number of unbranched alkanes of at least 4 members (excludes halogenated alkanes) is 2. The molecule has 0 aromatic carbocycles. The Kier molecular flexibility index (Phi) is 7.85. The summed E-state index contributed by atoms with van der Waals surface area (Å²) in [6.07, 6.45) is 2.96. The molecule has 0 aliphatic carbocycles. The van der Waals surface area contributed by atoms with E-state index >= 15 is 0 Å². The van der Waals surface area contributed by atoms with E-state index in [2.05, 4.69) is 5.32 Å². The zero-order valence-electron chi connectivity index (χ0n) is 9.16. The summed E-state index contributed by atoms with van der Waals surface area (Å²) in [5.41, 5.74) is 5.31. The summed E-state index contributed by atoms with van der Waals surface area (Å²) in [7, 11) is 0. The summed E-state index contributed by atoms with van der Waals surface area (Å²) in [6.45, 7) is 1.63. The molecule has 0 fully saturated rings. The predicted octanol–water partition coefficient (Wildman–Crippen LogP) is -0.428. The predicted molar refractivity (Wildman–Crippen MR) is 57.2 cm³/mol. The molecular formula is C10H20N2O3. The number of nitrogens with two attached hydrogens (primary N) is 1. The van der Waals surface area contributed by atoms with Gasteiger partial charge in [-0.25, -0.2) is 0 Å². The molecule has 0 saturated carbocycles. The van der Waals surface area contributed by atoms with Gasteiger partial charge in [0.25, 0.3) is 0 Å². The molecule has 15 heavy (non-hydrogen) atoms. The number of amides is 1. The minimum Gasteiger partial charge on any atom is -0.394 e. The summed E-state index contributed by atoms with van der Waals surface area (Å²) >= 11 is 0. The van der Waals surface area contributed by atoms with Gasteiger partial charge in [0.1, 0.15) is 6.04 Å². The topological polar surface area (TPSA) is 92.4 Å². The van der Waals surface area contributed by atoms with Crippen LogP contribution in [-0.2, 0) is 9.59 Å². The van der Waals surface area contributed by atoms with Crippen molar-refractivity contribution in [1.29, 1.82) is 0 Å². The molecule has 5 heteroatoms. The number of nitrogens with one attached hydrogen (secondary N) is 1. The summed E-state index contributed by atoms with van der Waals surface area (Å²) in [6, 6.07) is -0.757. The van der Waals surface area contributed by atoms with Crippen LogP contribution in [0.5, 0.6) is 0 Å². The molecule has 0 unspecified atom stereocenters. The number of carbonyl (C=O) groups is 2. The van der Waals surface area contributed by atoms with Crippen molar-refractivity contribution in [2.24, 2.45) is 5.73 Å². The van der Waals surface area contributed by atoms with E-state index in [1.807, 2.05) is 0 Å². The van der Waals surface area contributed by atoms with Crippen molar-refractivity contribution in [3.63, 3.8) is 0 Å². The lowest BCUT2D eigenvalue weighted by Gasteiger charge is -2.12. The van der Waals surface area contributed by atoms with Crippen LogP contribution < -0.4 is 11.1 Å². The van der Waals surface area contributed by atoms with Crippen LogP contribution >= 0.6 is 0 Å². The molecule has 0 aromatic rings. The molecule has 4 N–H and O–H groups in total. The zero-order valence-corrected chi connectivity index (χ0v) is 9.16. The molecule has 0 radical (unpaired) electrons. The maximum Gasteiger partial charge on any atom is 0.220 e. The first-order chi connectivity index (χ1) is 7.11. The number of aliphatic hydroxyl groups excluding tert-OH is 1. The Balaban J connectivity index is 3.67. The van der Waals surface area contributed by atoms with Crippen LogP contribution in [0.3, 0.4) is 0 Å². The fraction of sp³-hybridized carbons (Fsp3) is 0.800. The average Bonchev–Trinajstić information content (AvgIpc) is 2.20. The van der Waals surface area contributed by atoms with Crippen molar-refractivity contribution in [2.45, 2.75) is 38.6 Å². The Bertz CT molecular complexity index is 207. The zero-order chi connectivity index (χ0) is 11.7. The van der Waals surface area contributed by atoms with Crippen molar-refractivity contribution >= 4 is 11.7 Å². The van der Waals surface area contributed by atoms with Crippen molar-refractivity contribution in [1.82, 2.24) is 5.32 Å². The molecule has 5 nitrogen and oxygen atoms in total. The highest BCUT2D eigenvalue weighted by atomic mass is 16.3. The van der Waals surface area contributed by atoms with Gasteiger partial charge < -0.3 is 16.2 Å². The lowest BCUT2D eigenvalue weighted by molar-refractivity contribution is -0.127. The van der Waals surface area contributed by atoms with Crippen molar-refractivity contribution in [3.05, 3.63) is 0 Å². The van der Waals surface area contributed by atoms with Crippen LogP contribution in [0.1, 0.15) is 32.6 Å². The number of Topliss-reactive ketones (excluding diaryl/α,β-unsaturated/α-hetero) is 1. The van der Waals surface area contributed by atoms with Gasteiger partial charge >= 0.3 is 0 Å². The van der Waals surface area contributed by atoms with E-state index in [1.165, 1.54) is 6.92 Å².